The van der Waals surface area contributed by atoms with Crippen molar-refractivity contribution < 1.29 is 79.2 Å². The van der Waals surface area contributed by atoms with E-state index in [-0.39, 0.29) is 12.5 Å². The average Bonchev–Trinajstić information content (AvgIpc) is 3.03. The Morgan fingerprint density at radius 2 is 1.36 bits per heavy atom. The van der Waals surface area contributed by atoms with Crippen LogP contribution in [0.25, 0.3) is 0 Å². The number of hydrogen-bond acceptors (Lipinski definition) is 8. The first-order valence-electron chi connectivity index (χ1n) is 14.1. The lowest BCUT2D eigenvalue weighted by atomic mass is 10.1. The van der Waals surface area contributed by atoms with Gasteiger partial charge < -0.3 is 36.2 Å². The Balaban J connectivity index is 2.23. The highest BCUT2D eigenvalue weighted by molar-refractivity contribution is 6.06. The van der Waals surface area contributed by atoms with Crippen LogP contribution in [0.4, 0.5) is 36.4 Å². The van der Waals surface area contributed by atoms with Crippen molar-refractivity contribution in [2.24, 2.45) is 0 Å². The van der Waals surface area contributed by atoms with Crippen LogP contribution in [0, 0.1) is 23.3 Å². The lowest BCUT2D eigenvalue weighted by molar-refractivity contribution is -0.167. The minimum atomic E-state index is -5.33. The molecule has 0 aliphatic heterocycles. The first-order valence-corrected chi connectivity index (χ1v) is 14.1. The first-order chi connectivity index (χ1) is 23.3. The molecule has 0 aliphatic carbocycles. The molecule has 0 radical (unpaired) electrons. The summed E-state index contributed by atoms with van der Waals surface area (Å²) in [6, 6.07) is -1.24. The van der Waals surface area contributed by atoms with E-state index in [9.17, 15) is 69.4 Å². The number of alkyl halides is 3. The Morgan fingerprint density at radius 1 is 0.800 bits per heavy atom. The van der Waals surface area contributed by atoms with Gasteiger partial charge >= 0.3 is 24.0 Å². The lowest BCUT2D eigenvalue weighted by Crippen LogP contribution is -2.56. The molecule has 0 aromatic heterocycles. The van der Waals surface area contributed by atoms with Crippen LogP contribution in [0.1, 0.15) is 43.0 Å². The number of aliphatic carboxylic acids is 2. The van der Waals surface area contributed by atoms with Gasteiger partial charge in [-0.1, -0.05) is 19.1 Å². The predicted octanol–water partition coefficient (Wildman–Crippen LogP) is 2.21. The summed E-state index contributed by atoms with van der Waals surface area (Å²) in [4.78, 5) is 85.7. The Labute approximate surface area is 276 Å². The molecule has 0 aliphatic rings. The number of rotatable bonds is 17. The number of halogens is 7. The molecule has 0 heterocycles. The van der Waals surface area contributed by atoms with E-state index in [4.69, 9.17) is 5.11 Å². The quantitative estimate of drug-likeness (QED) is 0.103. The maximum atomic E-state index is 13.9. The molecule has 272 valence electrons. The fourth-order valence-corrected chi connectivity index (χ4v) is 4.00. The average molecular weight is 725 g/mol. The summed E-state index contributed by atoms with van der Waals surface area (Å²) in [6.45, 7) is -0.0809. The van der Waals surface area contributed by atoms with Gasteiger partial charge in [-0.15, -0.1) is 0 Å². The highest BCUT2D eigenvalue weighted by Gasteiger charge is 2.39. The molecule has 0 fully saturated rings. The van der Waals surface area contributed by atoms with Crippen molar-refractivity contribution in [3.8, 4) is 5.75 Å². The molecular weight excluding hydrogens is 697 g/mol. The fourth-order valence-electron chi connectivity index (χ4n) is 4.00. The lowest BCUT2D eigenvalue weighted by Gasteiger charge is -2.24. The largest absolute Gasteiger partial charge is 0.481 e. The van der Waals surface area contributed by atoms with Gasteiger partial charge in [-0.2, -0.15) is 22.0 Å². The molecule has 3 atom stereocenters. The van der Waals surface area contributed by atoms with Crippen LogP contribution in [0.2, 0.25) is 0 Å². The number of anilines is 1. The van der Waals surface area contributed by atoms with Crippen molar-refractivity contribution in [1.29, 1.82) is 0 Å². The summed E-state index contributed by atoms with van der Waals surface area (Å²) in [7, 11) is 0. The number of carboxylic acid groups (broad SMARTS) is 2. The van der Waals surface area contributed by atoms with Crippen LogP contribution in [-0.2, 0) is 28.8 Å². The van der Waals surface area contributed by atoms with E-state index in [1.54, 1.807) is 0 Å². The van der Waals surface area contributed by atoms with Gasteiger partial charge in [-0.25, -0.2) is 8.78 Å². The van der Waals surface area contributed by atoms with E-state index in [2.05, 4.69) is 15.4 Å². The van der Waals surface area contributed by atoms with Crippen molar-refractivity contribution >= 4 is 47.0 Å². The van der Waals surface area contributed by atoms with Gasteiger partial charge in [-0.3, -0.25) is 33.6 Å². The standard InChI is InChI=1S/C29H27F7N4O10/c1-2-15(26(47)39-18(10-21(44)45)19(41)11-50-24-22(32)13(30)9-14(31)23(24)33)37-27(48)17(7-8-20(42)43)38-25(46)12-5-3-4-6-16(12)40-28(49)29(34,35)36/h3-6,9,15,17-18H,2,7-8,10-11H2,1H3,(H,37,48)(H,38,46)(H,39,47)(H,40,49)(H,42,43)(H,44,45)/t15-,17-,18-/m0/s1. The smallest absolute Gasteiger partial charge is 0.471 e. The van der Waals surface area contributed by atoms with Gasteiger partial charge in [0.05, 0.1) is 17.7 Å². The molecule has 21 heteroatoms. The number of carbonyl (C=O) groups excluding carboxylic acids is 5. The molecule has 4 amide bonds. The number of para-hydroxylation sites is 1. The van der Waals surface area contributed by atoms with Crippen LogP contribution in [0.3, 0.4) is 0 Å². The monoisotopic (exact) mass is 724 g/mol. The zero-order valence-electron chi connectivity index (χ0n) is 25.5. The predicted molar refractivity (Wildman–Crippen MR) is 152 cm³/mol. The normalized spacial score (nSPS) is 12.9. The summed E-state index contributed by atoms with van der Waals surface area (Å²) in [5, 5.41) is 26.0. The number of ketones is 1. The summed E-state index contributed by atoms with van der Waals surface area (Å²) in [6.07, 6.45) is -8.15. The van der Waals surface area contributed by atoms with E-state index < -0.39 is 132 Å². The maximum absolute atomic E-state index is 13.9. The van der Waals surface area contributed by atoms with Crippen LogP contribution in [0.5, 0.6) is 5.75 Å². The molecular formula is C29H27F7N4O10. The highest BCUT2D eigenvalue weighted by atomic mass is 19.4. The number of Topliss-reactive ketones (excluding diaryl/α,β-unsaturated/α-hetero) is 1. The van der Waals surface area contributed by atoms with Gasteiger partial charge in [0.1, 0.15) is 24.7 Å². The van der Waals surface area contributed by atoms with E-state index in [1.807, 2.05) is 5.32 Å². The number of carboxylic acids is 2. The Hall–Kier alpha value is -5.76. The van der Waals surface area contributed by atoms with Gasteiger partial charge in [0.15, 0.2) is 23.2 Å². The molecule has 14 nitrogen and oxygen atoms in total. The van der Waals surface area contributed by atoms with Gasteiger partial charge in [0.2, 0.25) is 23.4 Å². The summed E-state index contributed by atoms with van der Waals surface area (Å²) < 4.78 is 97.6. The molecule has 0 bridgehead atoms. The van der Waals surface area contributed by atoms with Crippen LogP contribution in [0.15, 0.2) is 30.3 Å². The van der Waals surface area contributed by atoms with Crippen molar-refractivity contribution in [3.63, 3.8) is 0 Å². The molecule has 50 heavy (non-hydrogen) atoms. The van der Waals surface area contributed by atoms with Crippen LogP contribution in [-0.4, -0.2) is 82.5 Å². The first kappa shape index (κ1) is 40.4. The van der Waals surface area contributed by atoms with Gasteiger partial charge in [0.25, 0.3) is 5.91 Å². The second-order valence-corrected chi connectivity index (χ2v) is 10.1. The van der Waals surface area contributed by atoms with Crippen LogP contribution >= 0.6 is 0 Å². The molecule has 2 aromatic rings. The van der Waals surface area contributed by atoms with Gasteiger partial charge in [-0.05, 0) is 25.0 Å². The summed E-state index contributed by atoms with van der Waals surface area (Å²) in [5.74, 6) is -20.0. The third-order valence-corrected chi connectivity index (χ3v) is 6.50. The number of amides is 4. The van der Waals surface area contributed by atoms with E-state index in [1.165, 1.54) is 24.4 Å². The second-order valence-electron chi connectivity index (χ2n) is 10.1. The third kappa shape index (κ3) is 11.4. The van der Waals surface area contributed by atoms with E-state index in [0.717, 1.165) is 12.1 Å². The topological polar surface area (TPSA) is 217 Å². The minimum Gasteiger partial charge on any atom is -0.481 e. The van der Waals surface area contributed by atoms with Crippen molar-refractivity contribution in [2.45, 2.75) is 56.9 Å². The third-order valence-electron chi connectivity index (χ3n) is 6.50. The van der Waals surface area contributed by atoms with E-state index in [0.29, 0.717) is 0 Å². The molecule has 2 rings (SSSR count). The molecule has 2 aromatic carbocycles. The number of nitrogens with one attached hydrogen (secondary N) is 4. The molecule has 0 saturated carbocycles. The number of ether oxygens (including phenoxy) is 1. The Kier molecular flexibility index (Phi) is 14.2. The van der Waals surface area contributed by atoms with Crippen molar-refractivity contribution in [2.75, 3.05) is 11.9 Å². The molecule has 0 spiro atoms. The maximum Gasteiger partial charge on any atom is 0.471 e. The number of carbonyl (C=O) groups is 7. The number of hydrogen-bond donors (Lipinski definition) is 6. The number of benzene rings is 2. The zero-order chi connectivity index (χ0) is 37.9. The van der Waals surface area contributed by atoms with Crippen molar-refractivity contribution in [1.82, 2.24) is 16.0 Å². The van der Waals surface area contributed by atoms with E-state index >= 15 is 0 Å². The molecule has 0 unspecified atom stereocenters. The summed E-state index contributed by atoms with van der Waals surface area (Å²) >= 11 is 0. The Bertz CT molecular complexity index is 1630. The van der Waals surface area contributed by atoms with Crippen molar-refractivity contribution in [3.05, 3.63) is 59.2 Å². The molecule has 0 saturated heterocycles. The second kappa shape index (κ2) is 17.6. The minimum absolute atomic E-state index is 0.138. The summed E-state index contributed by atoms with van der Waals surface area (Å²) in [5.41, 5.74) is -1.19. The molecule has 6 N–H and O–H groups in total. The Morgan fingerprint density at radius 3 is 1.90 bits per heavy atom. The fraction of sp³-hybridized carbons (Fsp3) is 0.345. The van der Waals surface area contributed by atoms with Crippen LogP contribution < -0.4 is 26.0 Å². The zero-order valence-corrected chi connectivity index (χ0v) is 25.5. The van der Waals surface area contributed by atoms with Gasteiger partial charge in [0, 0.05) is 12.5 Å². The SMILES string of the molecule is CC[C@H](NC(=O)[C@H](CCC(=O)O)NC(=O)c1ccccc1NC(=O)C(F)(F)F)C(=O)N[C@@H](CC(=O)O)C(=O)COc1c(F)c(F)cc(F)c1F. The highest BCUT2D eigenvalue weighted by Crippen LogP contribution is 2.26.